The lowest BCUT2D eigenvalue weighted by Gasteiger charge is -2.09. The molecule has 0 atom stereocenters. The number of fused-ring (bicyclic) bond motifs is 2. The minimum atomic E-state index is 0.757. The molecular formula is C18H22. The largest absolute Gasteiger partial charge is 0.0741 e. The van der Waals surface area contributed by atoms with Gasteiger partial charge in [0.1, 0.15) is 0 Å². The van der Waals surface area contributed by atoms with E-state index in [0.717, 1.165) is 11.8 Å². The van der Waals surface area contributed by atoms with Crippen LogP contribution in [0, 0.1) is 11.8 Å². The molecule has 0 spiro atoms. The molecule has 2 saturated carbocycles. The van der Waals surface area contributed by atoms with Gasteiger partial charge in [-0.05, 0) is 85.5 Å². The topological polar surface area (TPSA) is 0 Å². The summed E-state index contributed by atoms with van der Waals surface area (Å²) in [6, 6.07) is 0. The molecule has 4 aliphatic carbocycles. The standard InChI is InChI=1S/C18H22/c1-3-15-9-13(10-16(15)4-1)7-8-14-11-17-5-2-6-18(17)12-14/h9-14H,1-8H2. The van der Waals surface area contributed by atoms with Crippen LogP contribution in [0.4, 0.5) is 0 Å². The maximum atomic E-state index is 2.55. The maximum absolute atomic E-state index is 2.55. The molecule has 2 fully saturated rings. The minimum Gasteiger partial charge on any atom is -0.0741 e. The summed E-state index contributed by atoms with van der Waals surface area (Å²) in [4.78, 5) is 0. The van der Waals surface area contributed by atoms with Gasteiger partial charge < -0.3 is 0 Å². The van der Waals surface area contributed by atoms with Gasteiger partial charge in [-0.15, -0.1) is 0 Å². The molecule has 0 nitrogen and oxygen atoms in total. The van der Waals surface area contributed by atoms with Crippen LogP contribution in [0.5, 0.6) is 0 Å². The van der Waals surface area contributed by atoms with Crippen LogP contribution in [-0.4, -0.2) is 0 Å². The zero-order chi connectivity index (χ0) is 11.9. The van der Waals surface area contributed by atoms with Gasteiger partial charge in [-0.3, -0.25) is 0 Å². The predicted octanol–water partition coefficient (Wildman–Crippen LogP) is 5.10. The van der Waals surface area contributed by atoms with Gasteiger partial charge in [0.2, 0.25) is 0 Å². The van der Waals surface area contributed by atoms with Crippen LogP contribution in [0.15, 0.2) is 46.6 Å². The molecule has 0 heteroatoms. The van der Waals surface area contributed by atoms with E-state index >= 15 is 0 Å². The molecule has 0 aromatic heterocycles. The van der Waals surface area contributed by atoms with Crippen LogP contribution in [0.25, 0.3) is 0 Å². The summed E-state index contributed by atoms with van der Waals surface area (Å²) in [6.45, 7) is 0. The smallest absolute Gasteiger partial charge is 0.00413 e. The minimum absolute atomic E-state index is 0.757. The van der Waals surface area contributed by atoms with E-state index in [1.54, 1.807) is 22.3 Å². The maximum Gasteiger partial charge on any atom is -0.00413 e. The molecule has 4 rings (SSSR count). The van der Waals surface area contributed by atoms with Gasteiger partial charge in [-0.25, -0.2) is 0 Å². The number of allylic oxidation sites excluding steroid dienone is 8. The van der Waals surface area contributed by atoms with Crippen LogP contribution in [0.1, 0.15) is 51.4 Å². The first kappa shape index (κ1) is 10.8. The number of hydrogen-bond acceptors (Lipinski definition) is 0. The van der Waals surface area contributed by atoms with Crippen LogP contribution in [0.2, 0.25) is 0 Å². The Labute approximate surface area is 110 Å². The Morgan fingerprint density at radius 2 is 0.944 bits per heavy atom. The van der Waals surface area contributed by atoms with Gasteiger partial charge in [-0.1, -0.05) is 24.3 Å². The molecule has 0 bridgehead atoms. The fourth-order valence-corrected chi connectivity index (χ4v) is 4.19. The lowest BCUT2D eigenvalue weighted by atomic mass is 9.96. The van der Waals surface area contributed by atoms with Crippen LogP contribution in [-0.2, 0) is 0 Å². The van der Waals surface area contributed by atoms with Crippen molar-refractivity contribution >= 4 is 0 Å². The van der Waals surface area contributed by atoms with E-state index in [9.17, 15) is 0 Å². The Bertz CT molecular complexity index is 398. The van der Waals surface area contributed by atoms with E-state index in [0.29, 0.717) is 0 Å². The fraction of sp³-hybridized carbons (Fsp3) is 0.556. The van der Waals surface area contributed by atoms with Crippen molar-refractivity contribution in [2.24, 2.45) is 11.8 Å². The molecule has 0 heterocycles. The van der Waals surface area contributed by atoms with Crippen LogP contribution in [0.3, 0.4) is 0 Å². The molecule has 0 N–H and O–H groups in total. The zero-order valence-corrected chi connectivity index (χ0v) is 11.1. The van der Waals surface area contributed by atoms with Gasteiger partial charge in [0.05, 0.1) is 0 Å². The second-order valence-corrected chi connectivity index (χ2v) is 6.38. The highest BCUT2D eigenvalue weighted by Crippen LogP contribution is 2.41. The van der Waals surface area contributed by atoms with Gasteiger partial charge in [0, 0.05) is 0 Å². The van der Waals surface area contributed by atoms with E-state index in [2.05, 4.69) is 24.3 Å². The monoisotopic (exact) mass is 238 g/mol. The van der Waals surface area contributed by atoms with Crippen molar-refractivity contribution in [3.05, 3.63) is 46.6 Å². The van der Waals surface area contributed by atoms with Gasteiger partial charge in [0.25, 0.3) is 0 Å². The predicted molar refractivity (Wildman–Crippen MR) is 76.2 cm³/mol. The molecule has 0 aliphatic heterocycles. The zero-order valence-electron chi connectivity index (χ0n) is 11.1. The SMILES string of the molecule is C1=C2CCCC2=CC1CCC1C=C2CCCC2=C1. The second kappa shape index (κ2) is 4.26. The molecule has 0 amide bonds. The quantitative estimate of drug-likeness (QED) is 0.641. The highest BCUT2D eigenvalue weighted by Gasteiger charge is 2.24. The van der Waals surface area contributed by atoms with Crippen molar-refractivity contribution in [1.29, 1.82) is 0 Å². The molecule has 0 unspecified atom stereocenters. The van der Waals surface area contributed by atoms with Crippen molar-refractivity contribution in [1.82, 2.24) is 0 Å². The van der Waals surface area contributed by atoms with Gasteiger partial charge in [0.15, 0.2) is 0 Å². The Kier molecular flexibility index (Phi) is 2.57. The van der Waals surface area contributed by atoms with E-state index in [-0.39, 0.29) is 0 Å². The number of hydrogen-bond donors (Lipinski definition) is 0. The second-order valence-electron chi connectivity index (χ2n) is 6.38. The van der Waals surface area contributed by atoms with Crippen molar-refractivity contribution < 1.29 is 0 Å². The van der Waals surface area contributed by atoms with E-state index in [4.69, 9.17) is 0 Å². The normalized spacial score (nSPS) is 26.9. The lowest BCUT2D eigenvalue weighted by Crippen LogP contribution is -1.96. The van der Waals surface area contributed by atoms with E-state index in [1.807, 2.05) is 0 Å². The van der Waals surface area contributed by atoms with E-state index < -0.39 is 0 Å². The summed E-state index contributed by atoms with van der Waals surface area (Å²) in [7, 11) is 0. The Hall–Kier alpha value is -1.04. The average Bonchev–Trinajstić information content (AvgIpc) is 3.04. The summed E-state index contributed by atoms with van der Waals surface area (Å²) < 4.78 is 0. The first-order valence-corrected chi connectivity index (χ1v) is 7.72. The average molecular weight is 238 g/mol. The summed E-state index contributed by atoms with van der Waals surface area (Å²) in [6.07, 6.45) is 21.1. The van der Waals surface area contributed by atoms with Crippen LogP contribution >= 0.6 is 0 Å². The number of rotatable bonds is 3. The summed E-state index contributed by atoms with van der Waals surface area (Å²) in [5.41, 5.74) is 6.72. The molecule has 0 saturated heterocycles. The molecular weight excluding hydrogens is 216 g/mol. The molecule has 18 heavy (non-hydrogen) atoms. The fourth-order valence-electron chi connectivity index (χ4n) is 4.19. The van der Waals surface area contributed by atoms with Crippen LogP contribution < -0.4 is 0 Å². The van der Waals surface area contributed by atoms with Crippen molar-refractivity contribution in [2.75, 3.05) is 0 Å². The molecule has 0 radical (unpaired) electrons. The molecule has 94 valence electrons. The Morgan fingerprint density at radius 3 is 1.28 bits per heavy atom. The molecule has 0 aromatic rings. The Balaban J connectivity index is 1.36. The van der Waals surface area contributed by atoms with Gasteiger partial charge in [-0.2, -0.15) is 0 Å². The third kappa shape index (κ3) is 1.83. The molecule has 0 aromatic carbocycles. The molecule has 4 aliphatic rings. The van der Waals surface area contributed by atoms with Crippen molar-refractivity contribution in [3.8, 4) is 0 Å². The first-order valence-electron chi connectivity index (χ1n) is 7.72. The summed E-state index contributed by atoms with van der Waals surface area (Å²) in [5, 5.41) is 0. The van der Waals surface area contributed by atoms with Crippen molar-refractivity contribution in [3.63, 3.8) is 0 Å². The Morgan fingerprint density at radius 1 is 0.611 bits per heavy atom. The third-order valence-electron chi connectivity index (χ3n) is 5.10. The lowest BCUT2D eigenvalue weighted by molar-refractivity contribution is 0.598. The van der Waals surface area contributed by atoms with E-state index in [1.165, 1.54) is 51.4 Å². The highest BCUT2D eigenvalue weighted by molar-refractivity contribution is 5.43. The van der Waals surface area contributed by atoms with Crippen molar-refractivity contribution in [2.45, 2.75) is 51.4 Å². The third-order valence-corrected chi connectivity index (χ3v) is 5.10. The summed E-state index contributed by atoms with van der Waals surface area (Å²) in [5.74, 6) is 1.51. The highest BCUT2D eigenvalue weighted by atomic mass is 14.3. The summed E-state index contributed by atoms with van der Waals surface area (Å²) >= 11 is 0. The van der Waals surface area contributed by atoms with Gasteiger partial charge >= 0.3 is 0 Å². The first-order chi connectivity index (χ1) is 8.88.